The summed E-state index contributed by atoms with van der Waals surface area (Å²) in [6.45, 7) is 1.93. The third-order valence-electron chi connectivity index (χ3n) is 2.08. The van der Waals surface area contributed by atoms with Crippen LogP contribution in [-0.4, -0.2) is 43.4 Å². The lowest BCUT2D eigenvalue weighted by molar-refractivity contribution is -0.385. The largest absolute Gasteiger partial charge is 0.477 e. The average molecular weight is 291 g/mol. The van der Waals surface area contributed by atoms with Gasteiger partial charge in [0, 0.05) is 20.1 Å². The molecule has 8 heteroatoms. The van der Waals surface area contributed by atoms with E-state index < -0.39 is 4.92 Å². The quantitative estimate of drug-likeness (QED) is 0.300. The van der Waals surface area contributed by atoms with Crippen molar-refractivity contribution in [2.45, 2.75) is 6.42 Å². The zero-order valence-electron chi connectivity index (χ0n) is 10.5. The van der Waals surface area contributed by atoms with E-state index in [1.165, 1.54) is 12.1 Å². The van der Waals surface area contributed by atoms with Crippen molar-refractivity contribution in [2.75, 3.05) is 33.5 Å². The molecule has 0 N–H and O–H groups in total. The Morgan fingerprint density at radius 3 is 2.79 bits per heavy atom. The van der Waals surface area contributed by atoms with Gasteiger partial charge in [0.2, 0.25) is 5.88 Å². The van der Waals surface area contributed by atoms with Gasteiger partial charge in [-0.05, 0) is 0 Å². The molecule has 1 heterocycles. The number of nitrogens with zero attached hydrogens (tertiary/aromatic N) is 2. The van der Waals surface area contributed by atoms with Crippen LogP contribution in [0.4, 0.5) is 5.69 Å². The SMILES string of the molecule is COCCOCCCOc1cc([N+](=O)[O-])cc(Cl)n1. The zero-order valence-corrected chi connectivity index (χ0v) is 11.3. The van der Waals surface area contributed by atoms with E-state index in [1.807, 2.05) is 0 Å². The van der Waals surface area contributed by atoms with Crippen LogP contribution in [-0.2, 0) is 9.47 Å². The van der Waals surface area contributed by atoms with Gasteiger partial charge in [0.15, 0.2) is 0 Å². The molecule has 0 bridgehead atoms. The molecule has 0 aliphatic carbocycles. The van der Waals surface area contributed by atoms with Gasteiger partial charge >= 0.3 is 0 Å². The Kier molecular flexibility index (Phi) is 7.09. The predicted molar refractivity (Wildman–Crippen MR) is 68.7 cm³/mol. The third kappa shape index (κ3) is 6.32. The molecule has 0 fully saturated rings. The van der Waals surface area contributed by atoms with Crippen LogP contribution in [0.25, 0.3) is 0 Å². The lowest BCUT2D eigenvalue weighted by Gasteiger charge is -2.06. The molecule has 1 rings (SSSR count). The number of aromatic nitrogens is 1. The molecule has 7 nitrogen and oxygen atoms in total. The number of hydrogen-bond acceptors (Lipinski definition) is 6. The Morgan fingerprint density at radius 2 is 2.11 bits per heavy atom. The fourth-order valence-corrected chi connectivity index (χ4v) is 1.42. The predicted octanol–water partition coefficient (Wildman–Crippen LogP) is 2.08. The molecule has 0 saturated heterocycles. The van der Waals surface area contributed by atoms with Crippen LogP contribution in [0.2, 0.25) is 5.15 Å². The van der Waals surface area contributed by atoms with Crippen LogP contribution >= 0.6 is 11.6 Å². The molecular formula is C11H15ClN2O5. The minimum absolute atomic E-state index is 0.0283. The summed E-state index contributed by atoms with van der Waals surface area (Å²) in [7, 11) is 1.60. The van der Waals surface area contributed by atoms with E-state index in [9.17, 15) is 10.1 Å². The Hall–Kier alpha value is -1.44. The van der Waals surface area contributed by atoms with Gasteiger partial charge in [-0.3, -0.25) is 10.1 Å². The summed E-state index contributed by atoms with van der Waals surface area (Å²) in [6, 6.07) is 2.40. The maximum atomic E-state index is 10.6. The van der Waals surface area contributed by atoms with E-state index in [0.717, 1.165) is 0 Å². The van der Waals surface area contributed by atoms with Crippen molar-refractivity contribution >= 4 is 17.3 Å². The second kappa shape index (κ2) is 8.63. The fraction of sp³-hybridized carbons (Fsp3) is 0.545. The molecule has 19 heavy (non-hydrogen) atoms. The topological polar surface area (TPSA) is 83.7 Å². The van der Waals surface area contributed by atoms with Crippen LogP contribution in [0, 0.1) is 10.1 Å². The molecular weight excluding hydrogens is 276 g/mol. The highest BCUT2D eigenvalue weighted by molar-refractivity contribution is 6.29. The van der Waals surface area contributed by atoms with E-state index in [4.69, 9.17) is 25.8 Å². The highest BCUT2D eigenvalue weighted by atomic mass is 35.5. The van der Waals surface area contributed by atoms with E-state index in [2.05, 4.69) is 4.98 Å². The summed E-state index contributed by atoms with van der Waals surface area (Å²) in [5, 5.41) is 10.6. The van der Waals surface area contributed by atoms with Gasteiger partial charge in [-0.25, -0.2) is 4.98 Å². The van der Waals surface area contributed by atoms with Crippen LogP contribution in [0.15, 0.2) is 12.1 Å². The molecule has 0 spiro atoms. The van der Waals surface area contributed by atoms with Gasteiger partial charge in [-0.1, -0.05) is 11.6 Å². The van der Waals surface area contributed by atoms with Crippen LogP contribution in [0.3, 0.4) is 0 Å². The molecule has 0 aromatic carbocycles. The normalized spacial score (nSPS) is 10.4. The molecule has 0 unspecified atom stereocenters. The van der Waals surface area contributed by atoms with Crippen molar-refractivity contribution in [1.29, 1.82) is 0 Å². The first-order chi connectivity index (χ1) is 9.13. The summed E-state index contributed by atoms with van der Waals surface area (Å²) in [5.41, 5.74) is -0.147. The summed E-state index contributed by atoms with van der Waals surface area (Å²) >= 11 is 5.66. The number of halogens is 1. The monoisotopic (exact) mass is 290 g/mol. The van der Waals surface area contributed by atoms with Gasteiger partial charge in [0.1, 0.15) is 5.15 Å². The van der Waals surface area contributed by atoms with Crippen molar-refractivity contribution in [3.63, 3.8) is 0 Å². The maximum Gasteiger partial charge on any atom is 0.277 e. The van der Waals surface area contributed by atoms with Crippen LogP contribution < -0.4 is 4.74 Å². The molecule has 1 aromatic rings. The second-order valence-electron chi connectivity index (χ2n) is 3.55. The number of hydrogen-bond donors (Lipinski definition) is 0. The maximum absolute atomic E-state index is 10.6. The first-order valence-electron chi connectivity index (χ1n) is 5.65. The summed E-state index contributed by atoms with van der Waals surface area (Å²) < 4.78 is 15.3. The van der Waals surface area contributed by atoms with Crippen LogP contribution in [0.5, 0.6) is 5.88 Å². The van der Waals surface area contributed by atoms with Crippen molar-refractivity contribution in [3.8, 4) is 5.88 Å². The molecule has 0 aliphatic rings. The zero-order chi connectivity index (χ0) is 14.1. The standard InChI is InChI=1S/C11H15ClN2O5/c1-17-5-6-18-3-2-4-19-11-8-9(14(15)16)7-10(12)13-11/h7-8H,2-6H2,1H3. The van der Waals surface area contributed by atoms with E-state index in [-0.39, 0.29) is 16.7 Å². The highest BCUT2D eigenvalue weighted by Crippen LogP contribution is 2.21. The number of methoxy groups -OCH3 is 1. The minimum atomic E-state index is -0.547. The lowest BCUT2D eigenvalue weighted by Crippen LogP contribution is -2.07. The summed E-state index contributed by atoms with van der Waals surface area (Å²) in [4.78, 5) is 13.9. The van der Waals surface area contributed by atoms with Gasteiger partial charge in [0.25, 0.3) is 5.69 Å². The number of rotatable bonds is 9. The van der Waals surface area contributed by atoms with Gasteiger partial charge in [-0.15, -0.1) is 0 Å². The first kappa shape index (κ1) is 15.6. The van der Waals surface area contributed by atoms with Gasteiger partial charge in [-0.2, -0.15) is 0 Å². The molecule has 0 aliphatic heterocycles. The lowest BCUT2D eigenvalue weighted by atomic mass is 10.4. The Labute approximate surface area is 115 Å². The van der Waals surface area contributed by atoms with Crippen molar-refractivity contribution in [1.82, 2.24) is 4.98 Å². The molecule has 0 saturated carbocycles. The number of pyridine rings is 1. The minimum Gasteiger partial charge on any atom is -0.477 e. The smallest absolute Gasteiger partial charge is 0.277 e. The molecule has 106 valence electrons. The Bertz CT molecular complexity index is 416. The number of nitro groups is 1. The van der Waals surface area contributed by atoms with E-state index >= 15 is 0 Å². The first-order valence-corrected chi connectivity index (χ1v) is 6.02. The van der Waals surface area contributed by atoms with Crippen LogP contribution in [0.1, 0.15) is 6.42 Å². The second-order valence-corrected chi connectivity index (χ2v) is 3.94. The van der Waals surface area contributed by atoms with E-state index in [1.54, 1.807) is 7.11 Å². The van der Waals surface area contributed by atoms with Crippen molar-refractivity contribution in [3.05, 3.63) is 27.4 Å². The summed E-state index contributed by atoms with van der Waals surface area (Å²) in [5.74, 6) is 0.135. The highest BCUT2D eigenvalue weighted by Gasteiger charge is 2.10. The van der Waals surface area contributed by atoms with Crippen molar-refractivity contribution < 1.29 is 19.1 Å². The van der Waals surface area contributed by atoms with Gasteiger partial charge in [0.05, 0.1) is 36.9 Å². The Morgan fingerprint density at radius 1 is 1.32 bits per heavy atom. The Balaban J connectivity index is 2.31. The van der Waals surface area contributed by atoms with Crippen molar-refractivity contribution in [2.24, 2.45) is 0 Å². The molecule has 0 amide bonds. The average Bonchev–Trinajstić information content (AvgIpc) is 2.37. The fourth-order valence-electron chi connectivity index (χ4n) is 1.22. The molecule has 1 aromatic heterocycles. The van der Waals surface area contributed by atoms with Gasteiger partial charge < -0.3 is 14.2 Å². The third-order valence-corrected chi connectivity index (χ3v) is 2.27. The number of ether oxygens (including phenoxy) is 3. The summed E-state index contributed by atoms with van der Waals surface area (Å²) in [6.07, 6.45) is 0.645. The molecule has 0 atom stereocenters. The molecule has 0 radical (unpaired) electrons. The van der Waals surface area contributed by atoms with E-state index in [0.29, 0.717) is 32.8 Å².